The van der Waals surface area contributed by atoms with E-state index in [0.717, 1.165) is 31.6 Å². The summed E-state index contributed by atoms with van der Waals surface area (Å²) in [5, 5.41) is 9.51. The van der Waals surface area contributed by atoms with E-state index < -0.39 is 6.09 Å². The summed E-state index contributed by atoms with van der Waals surface area (Å²) in [7, 11) is 0. The lowest BCUT2D eigenvalue weighted by Crippen LogP contribution is -2.61. The van der Waals surface area contributed by atoms with Crippen LogP contribution in [0.1, 0.15) is 12.8 Å². The standard InChI is InChI=1S/C14H16ClFN2O2/c15-11-2-1-10(16)7-12(11)18-8-14(9-18)3-5-17(6-4-14)13(19)20/h1-2,7H,3-6,8-9H2,(H,19,20). The molecule has 20 heavy (non-hydrogen) atoms. The predicted molar refractivity (Wildman–Crippen MR) is 74.9 cm³/mol. The first-order valence-electron chi connectivity index (χ1n) is 6.67. The molecule has 108 valence electrons. The van der Waals surface area contributed by atoms with Gasteiger partial charge in [0.2, 0.25) is 0 Å². The van der Waals surface area contributed by atoms with Gasteiger partial charge in [0.1, 0.15) is 5.82 Å². The molecule has 0 aliphatic carbocycles. The molecule has 0 aromatic heterocycles. The monoisotopic (exact) mass is 298 g/mol. The Hall–Kier alpha value is -1.49. The summed E-state index contributed by atoms with van der Waals surface area (Å²) in [6.07, 6.45) is 0.884. The minimum absolute atomic E-state index is 0.168. The second-order valence-electron chi connectivity index (χ2n) is 5.72. The van der Waals surface area contributed by atoms with Gasteiger partial charge in [-0.2, -0.15) is 0 Å². The molecule has 0 bridgehead atoms. The van der Waals surface area contributed by atoms with Crippen molar-refractivity contribution in [3.63, 3.8) is 0 Å². The van der Waals surface area contributed by atoms with Gasteiger partial charge in [-0.1, -0.05) is 11.6 Å². The minimum atomic E-state index is -0.843. The average Bonchev–Trinajstić information content (AvgIpc) is 2.39. The van der Waals surface area contributed by atoms with E-state index in [4.69, 9.17) is 16.7 Å². The molecule has 2 aliphatic rings. The molecule has 2 saturated heterocycles. The first-order valence-corrected chi connectivity index (χ1v) is 7.05. The topological polar surface area (TPSA) is 43.8 Å². The second-order valence-corrected chi connectivity index (χ2v) is 6.13. The third kappa shape index (κ3) is 2.30. The first-order chi connectivity index (χ1) is 9.49. The summed E-state index contributed by atoms with van der Waals surface area (Å²) in [4.78, 5) is 14.4. The molecular formula is C14H16ClFN2O2. The maximum atomic E-state index is 13.3. The Morgan fingerprint density at radius 2 is 1.95 bits per heavy atom. The summed E-state index contributed by atoms with van der Waals surface area (Å²) in [6, 6.07) is 4.39. The zero-order valence-electron chi connectivity index (χ0n) is 11.0. The first kappa shape index (κ1) is 13.5. The van der Waals surface area contributed by atoms with Crippen LogP contribution in [0.4, 0.5) is 14.9 Å². The smallest absolute Gasteiger partial charge is 0.407 e. The highest BCUT2D eigenvalue weighted by Crippen LogP contribution is 2.44. The van der Waals surface area contributed by atoms with E-state index >= 15 is 0 Å². The van der Waals surface area contributed by atoms with Gasteiger partial charge in [0.25, 0.3) is 0 Å². The van der Waals surface area contributed by atoms with Crippen LogP contribution >= 0.6 is 11.6 Å². The number of carboxylic acid groups (broad SMARTS) is 1. The molecule has 0 saturated carbocycles. The van der Waals surface area contributed by atoms with Gasteiger partial charge in [0.15, 0.2) is 0 Å². The van der Waals surface area contributed by atoms with Crippen LogP contribution in [0, 0.1) is 11.2 Å². The number of likely N-dealkylation sites (tertiary alicyclic amines) is 1. The fourth-order valence-electron chi connectivity index (χ4n) is 3.15. The second kappa shape index (κ2) is 4.81. The Labute approximate surface area is 121 Å². The molecule has 3 rings (SSSR count). The lowest BCUT2D eigenvalue weighted by Gasteiger charge is -2.54. The van der Waals surface area contributed by atoms with Crippen molar-refractivity contribution in [2.75, 3.05) is 31.1 Å². The van der Waals surface area contributed by atoms with E-state index in [-0.39, 0.29) is 11.2 Å². The van der Waals surface area contributed by atoms with Crippen LogP contribution in [-0.4, -0.2) is 42.3 Å². The van der Waals surface area contributed by atoms with Crippen molar-refractivity contribution in [2.24, 2.45) is 5.41 Å². The lowest BCUT2D eigenvalue weighted by molar-refractivity contribution is 0.0710. The maximum absolute atomic E-state index is 13.3. The number of nitrogens with zero attached hydrogens (tertiary/aromatic N) is 2. The SMILES string of the molecule is O=C(O)N1CCC2(CC1)CN(c1cc(F)ccc1Cl)C2. The highest BCUT2D eigenvalue weighted by atomic mass is 35.5. The molecule has 2 aliphatic heterocycles. The fourth-order valence-corrected chi connectivity index (χ4v) is 3.39. The molecule has 2 heterocycles. The number of amides is 1. The van der Waals surface area contributed by atoms with Crippen molar-refractivity contribution in [2.45, 2.75) is 12.8 Å². The third-order valence-corrected chi connectivity index (χ3v) is 4.72. The Morgan fingerprint density at radius 1 is 1.30 bits per heavy atom. The fraction of sp³-hybridized carbons (Fsp3) is 0.500. The van der Waals surface area contributed by atoms with Crippen LogP contribution in [-0.2, 0) is 0 Å². The molecule has 0 unspecified atom stereocenters. The van der Waals surface area contributed by atoms with Gasteiger partial charge in [-0.15, -0.1) is 0 Å². The number of piperidine rings is 1. The van der Waals surface area contributed by atoms with Gasteiger partial charge < -0.3 is 14.9 Å². The summed E-state index contributed by atoms with van der Waals surface area (Å²) in [5.41, 5.74) is 0.902. The number of rotatable bonds is 1. The molecule has 4 nitrogen and oxygen atoms in total. The molecule has 2 fully saturated rings. The summed E-state index contributed by atoms with van der Waals surface area (Å²) in [5.74, 6) is -0.286. The van der Waals surface area contributed by atoms with E-state index in [2.05, 4.69) is 4.90 Å². The highest BCUT2D eigenvalue weighted by Gasteiger charge is 2.46. The number of benzene rings is 1. The molecule has 1 aromatic rings. The molecule has 0 radical (unpaired) electrons. The van der Waals surface area contributed by atoms with Crippen molar-refractivity contribution in [1.82, 2.24) is 4.90 Å². The zero-order chi connectivity index (χ0) is 14.3. The van der Waals surface area contributed by atoms with Gasteiger partial charge in [0, 0.05) is 31.6 Å². The molecule has 6 heteroatoms. The number of hydrogen-bond donors (Lipinski definition) is 1. The predicted octanol–water partition coefficient (Wildman–Crippen LogP) is 3.06. The Morgan fingerprint density at radius 3 is 2.55 bits per heavy atom. The Bertz CT molecular complexity index is 536. The van der Waals surface area contributed by atoms with Gasteiger partial charge in [0.05, 0.1) is 10.7 Å². The van der Waals surface area contributed by atoms with Gasteiger partial charge >= 0.3 is 6.09 Å². The van der Waals surface area contributed by atoms with E-state index in [0.29, 0.717) is 18.1 Å². The lowest BCUT2D eigenvalue weighted by atomic mass is 9.72. The number of hydrogen-bond acceptors (Lipinski definition) is 2. The maximum Gasteiger partial charge on any atom is 0.407 e. The van der Waals surface area contributed by atoms with Crippen molar-refractivity contribution in [3.8, 4) is 0 Å². The van der Waals surface area contributed by atoms with E-state index in [9.17, 15) is 9.18 Å². The van der Waals surface area contributed by atoms with Crippen LogP contribution < -0.4 is 4.90 Å². The summed E-state index contributed by atoms with van der Waals surface area (Å²) in [6.45, 7) is 2.81. The molecule has 0 atom stereocenters. The van der Waals surface area contributed by atoms with Crippen LogP contribution in [0.2, 0.25) is 5.02 Å². The average molecular weight is 299 g/mol. The summed E-state index contributed by atoms with van der Waals surface area (Å²) < 4.78 is 13.3. The van der Waals surface area contributed by atoms with Crippen molar-refractivity contribution in [1.29, 1.82) is 0 Å². The third-order valence-electron chi connectivity index (χ3n) is 4.40. The van der Waals surface area contributed by atoms with E-state index in [1.807, 2.05) is 0 Å². The number of carbonyl (C=O) groups is 1. The van der Waals surface area contributed by atoms with E-state index in [1.165, 1.54) is 17.0 Å². The number of halogens is 2. The molecule has 1 spiro atoms. The van der Waals surface area contributed by atoms with Crippen LogP contribution in [0.15, 0.2) is 18.2 Å². The quantitative estimate of drug-likeness (QED) is 0.866. The molecular weight excluding hydrogens is 283 g/mol. The Balaban J connectivity index is 1.64. The Kier molecular flexibility index (Phi) is 3.24. The van der Waals surface area contributed by atoms with Gasteiger partial charge in [-0.05, 0) is 31.0 Å². The van der Waals surface area contributed by atoms with Gasteiger partial charge in [-0.25, -0.2) is 9.18 Å². The van der Waals surface area contributed by atoms with E-state index in [1.54, 1.807) is 6.07 Å². The molecule has 1 aromatic carbocycles. The largest absolute Gasteiger partial charge is 0.465 e. The van der Waals surface area contributed by atoms with Crippen molar-refractivity contribution in [3.05, 3.63) is 29.0 Å². The highest BCUT2D eigenvalue weighted by molar-refractivity contribution is 6.33. The number of anilines is 1. The zero-order valence-corrected chi connectivity index (χ0v) is 11.7. The van der Waals surface area contributed by atoms with Crippen LogP contribution in [0.25, 0.3) is 0 Å². The molecule has 1 N–H and O–H groups in total. The van der Waals surface area contributed by atoms with Gasteiger partial charge in [-0.3, -0.25) is 0 Å². The van der Waals surface area contributed by atoms with Crippen LogP contribution in [0.5, 0.6) is 0 Å². The normalized spacial score (nSPS) is 20.9. The summed E-state index contributed by atoms with van der Waals surface area (Å²) >= 11 is 6.10. The minimum Gasteiger partial charge on any atom is -0.465 e. The molecule has 1 amide bonds. The van der Waals surface area contributed by atoms with Crippen molar-refractivity contribution < 1.29 is 14.3 Å². The van der Waals surface area contributed by atoms with Crippen molar-refractivity contribution >= 4 is 23.4 Å². The van der Waals surface area contributed by atoms with Crippen LogP contribution in [0.3, 0.4) is 0 Å².